The minimum atomic E-state index is -1.49. The van der Waals surface area contributed by atoms with Gasteiger partial charge in [0.15, 0.2) is 6.23 Å². The molecule has 36 heavy (non-hydrogen) atoms. The van der Waals surface area contributed by atoms with E-state index in [1.54, 1.807) is 0 Å². The topological polar surface area (TPSA) is 125 Å². The molecule has 8 nitrogen and oxygen atoms in total. The van der Waals surface area contributed by atoms with E-state index in [4.69, 9.17) is 4.74 Å². The van der Waals surface area contributed by atoms with Crippen molar-refractivity contribution in [1.29, 1.82) is 0 Å². The Hall–Kier alpha value is -3.82. The molecule has 0 unspecified atom stereocenters. The van der Waals surface area contributed by atoms with E-state index in [9.17, 15) is 24.9 Å². The predicted molar refractivity (Wildman–Crippen MR) is 133 cm³/mol. The van der Waals surface area contributed by atoms with Gasteiger partial charge in [-0.25, -0.2) is 4.79 Å². The Bertz CT molecular complexity index is 1340. The van der Waals surface area contributed by atoms with Crippen molar-refractivity contribution in [3.05, 3.63) is 140 Å². The molecule has 1 aliphatic heterocycles. The number of aliphatic hydroxyl groups is 3. The quantitative estimate of drug-likeness (QED) is 0.307. The van der Waals surface area contributed by atoms with Crippen LogP contribution in [0, 0.1) is 0 Å². The lowest BCUT2D eigenvalue weighted by molar-refractivity contribution is -0.0551. The first-order chi connectivity index (χ1) is 17.5. The molecule has 4 aromatic rings. The minimum Gasteiger partial charge on any atom is -0.394 e. The van der Waals surface area contributed by atoms with E-state index < -0.39 is 47.8 Å². The molecule has 1 fully saturated rings. The molecule has 5 rings (SSSR count). The Labute approximate surface area is 206 Å². The molecule has 4 atom stereocenters. The molecule has 8 heteroatoms. The van der Waals surface area contributed by atoms with Crippen LogP contribution in [-0.4, -0.2) is 49.8 Å². The van der Waals surface area contributed by atoms with Gasteiger partial charge in [-0.3, -0.25) is 14.3 Å². The van der Waals surface area contributed by atoms with Crippen molar-refractivity contribution >= 4 is 0 Å². The summed E-state index contributed by atoms with van der Waals surface area (Å²) in [5.41, 5.74) is 0.0631. The van der Waals surface area contributed by atoms with Crippen LogP contribution in [0.1, 0.15) is 28.5 Å². The highest BCUT2D eigenvalue weighted by atomic mass is 16.6. The third kappa shape index (κ3) is 3.81. The second-order valence-electron chi connectivity index (χ2n) is 8.79. The summed E-state index contributed by atoms with van der Waals surface area (Å²) in [6.07, 6.45) is -3.88. The molecule has 0 bridgehead atoms. The molecule has 1 aliphatic rings. The van der Waals surface area contributed by atoms with E-state index in [-0.39, 0.29) is 5.56 Å². The second kappa shape index (κ2) is 9.67. The van der Waals surface area contributed by atoms with Crippen molar-refractivity contribution in [2.24, 2.45) is 0 Å². The fourth-order valence-corrected chi connectivity index (χ4v) is 5.08. The van der Waals surface area contributed by atoms with Crippen molar-refractivity contribution in [2.75, 3.05) is 6.61 Å². The summed E-state index contributed by atoms with van der Waals surface area (Å²) < 4.78 is 6.69. The summed E-state index contributed by atoms with van der Waals surface area (Å²) in [4.78, 5) is 28.9. The van der Waals surface area contributed by atoms with Crippen LogP contribution in [0.4, 0.5) is 0 Å². The molecule has 3 aromatic carbocycles. The number of aromatic nitrogens is 2. The molecule has 0 amide bonds. The number of ether oxygens (including phenoxy) is 1. The molecule has 1 saturated heterocycles. The van der Waals surface area contributed by atoms with Gasteiger partial charge < -0.3 is 20.1 Å². The fraction of sp³-hybridized carbons (Fsp3) is 0.214. The van der Waals surface area contributed by atoms with E-state index in [1.165, 1.54) is 6.20 Å². The van der Waals surface area contributed by atoms with Crippen molar-refractivity contribution in [1.82, 2.24) is 9.55 Å². The first-order valence-corrected chi connectivity index (χ1v) is 11.6. The van der Waals surface area contributed by atoms with Gasteiger partial charge in [0.25, 0.3) is 5.56 Å². The SMILES string of the molecule is O=c1[nH]c(=O)n([C@@H]2O[C@H](CO)[C@@H](O)[C@H]2O)cc1C(c1ccccc1)(c1ccccc1)c1ccccc1. The van der Waals surface area contributed by atoms with E-state index >= 15 is 0 Å². The average molecular weight is 487 g/mol. The smallest absolute Gasteiger partial charge is 0.330 e. The third-order valence-corrected chi connectivity index (χ3v) is 6.78. The van der Waals surface area contributed by atoms with Gasteiger partial charge in [-0.05, 0) is 16.7 Å². The van der Waals surface area contributed by atoms with Gasteiger partial charge in [0, 0.05) is 6.20 Å². The first kappa shape index (κ1) is 23.9. The van der Waals surface area contributed by atoms with Crippen molar-refractivity contribution in [3.63, 3.8) is 0 Å². The average Bonchev–Trinajstić information content (AvgIpc) is 3.20. The number of H-pyrrole nitrogens is 1. The monoisotopic (exact) mass is 486 g/mol. The number of aliphatic hydroxyl groups excluding tert-OH is 3. The van der Waals surface area contributed by atoms with E-state index in [0.29, 0.717) is 0 Å². The summed E-state index contributed by atoms with van der Waals surface area (Å²) in [5, 5.41) is 30.4. The van der Waals surface area contributed by atoms with E-state index in [1.807, 2.05) is 91.0 Å². The number of hydrogen-bond acceptors (Lipinski definition) is 6. The zero-order valence-corrected chi connectivity index (χ0v) is 19.3. The fourth-order valence-electron chi connectivity index (χ4n) is 5.08. The molecule has 0 radical (unpaired) electrons. The summed E-state index contributed by atoms with van der Waals surface area (Å²) in [5.74, 6) is 0. The Kier molecular flexibility index (Phi) is 6.42. The zero-order chi connectivity index (χ0) is 25.3. The lowest BCUT2D eigenvalue weighted by atomic mass is 9.66. The number of hydrogen-bond donors (Lipinski definition) is 4. The summed E-state index contributed by atoms with van der Waals surface area (Å²) in [6.45, 7) is -0.540. The van der Waals surface area contributed by atoms with Gasteiger partial charge in [0.05, 0.1) is 17.6 Å². The number of aromatic amines is 1. The highest BCUT2D eigenvalue weighted by molar-refractivity contribution is 5.58. The molecule has 0 spiro atoms. The van der Waals surface area contributed by atoms with Crippen LogP contribution in [0.3, 0.4) is 0 Å². The molecule has 184 valence electrons. The van der Waals surface area contributed by atoms with Gasteiger partial charge in [-0.15, -0.1) is 0 Å². The minimum absolute atomic E-state index is 0.225. The Morgan fingerprint density at radius 2 is 1.25 bits per heavy atom. The van der Waals surface area contributed by atoms with Crippen LogP contribution in [0.5, 0.6) is 0 Å². The maximum Gasteiger partial charge on any atom is 0.330 e. The highest BCUT2D eigenvalue weighted by Crippen LogP contribution is 2.43. The summed E-state index contributed by atoms with van der Waals surface area (Å²) in [7, 11) is 0. The van der Waals surface area contributed by atoms with Crippen molar-refractivity contribution in [2.45, 2.75) is 30.0 Å². The third-order valence-electron chi connectivity index (χ3n) is 6.78. The number of nitrogens with one attached hydrogen (secondary N) is 1. The van der Waals surface area contributed by atoms with Crippen LogP contribution < -0.4 is 11.2 Å². The molecule has 2 heterocycles. The maximum absolute atomic E-state index is 13.6. The largest absolute Gasteiger partial charge is 0.394 e. The van der Waals surface area contributed by atoms with E-state index in [2.05, 4.69) is 4.98 Å². The maximum atomic E-state index is 13.6. The Morgan fingerprint density at radius 3 is 1.67 bits per heavy atom. The lowest BCUT2D eigenvalue weighted by Gasteiger charge is -2.36. The van der Waals surface area contributed by atoms with Crippen LogP contribution in [0.2, 0.25) is 0 Å². The van der Waals surface area contributed by atoms with Crippen LogP contribution in [0.15, 0.2) is 107 Å². The number of nitrogens with zero attached hydrogens (tertiary/aromatic N) is 1. The van der Waals surface area contributed by atoms with E-state index in [0.717, 1.165) is 21.3 Å². The number of rotatable bonds is 6. The summed E-state index contributed by atoms with van der Waals surface area (Å²) >= 11 is 0. The van der Waals surface area contributed by atoms with Gasteiger partial charge in [0.1, 0.15) is 18.3 Å². The van der Waals surface area contributed by atoms with Crippen molar-refractivity contribution in [3.8, 4) is 0 Å². The lowest BCUT2D eigenvalue weighted by Crippen LogP contribution is -2.43. The molecule has 0 saturated carbocycles. The van der Waals surface area contributed by atoms with Crippen LogP contribution in [0.25, 0.3) is 0 Å². The van der Waals surface area contributed by atoms with Gasteiger partial charge in [0.2, 0.25) is 0 Å². The second-order valence-corrected chi connectivity index (χ2v) is 8.79. The first-order valence-electron chi connectivity index (χ1n) is 11.6. The van der Waals surface area contributed by atoms with Crippen LogP contribution >= 0.6 is 0 Å². The Morgan fingerprint density at radius 1 is 0.778 bits per heavy atom. The molecular formula is C28H26N2O6. The van der Waals surface area contributed by atoms with Crippen molar-refractivity contribution < 1.29 is 20.1 Å². The normalized spacial score (nSPS) is 22.0. The molecule has 4 N–H and O–H groups in total. The van der Waals surface area contributed by atoms with Crippen LogP contribution in [-0.2, 0) is 10.2 Å². The van der Waals surface area contributed by atoms with Gasteiger partial charge >= 0.3 is 5.69 Å². The predicted octanol–water partition coefficient (Wildman–Crippen LogP) is 1.53. The highest BCUT2D eigenvalue weighted by Gasteiger charge is 2.45. The zero-order valence-electron chi connectivity index (χ0n) is 19.3. The summed E-state index contributed by atoms with van der Waals surface area (Å²) in [6, 6.07) is 28.4. The molecular weight excluding hydrogens is 460 g/mol. The standard InChI is InChI=1S/C28H26N2O6/c31-17-22-23(32)24(33)26(36-22)30-16-21(25(34)29-27(30)35)28(18-10-4-1-5-11-18,19-12-6-2-7-13-19)20-14-8-3-9-15-20/h1-16,22-24,26,31-33H,17H2,(H,29,34,35)/t22-,23-,24-,26-/m1/s1. The number of benzene rings is 3. The Balaban J connectivity index is 1.85. The van der Waals surface area contributed by atoms with Gasteiger partial charge in [-0.1, -0.05) is 91.0 Å². The molecule has 1 aromatic heterocycles. The molecule has 0 aliphatic carbocycles. The van der Waals surface area contributed by atoms with Gasteiger partial charge in [-0.2, -0.15) is 0 Å².